The fourth-order valence-corrected chi connectivity index (χ4v) is 3.89. The Bertz CT molecular complexity index is 764. The summed E-state index contributed by atoms with van der Waals surface area (Å²) in [5.41, 5.74) is 3.69. The average Bonchev–Trinajstić information content (AvgIpc) is 2.99. The first-order chi connectivity index (χ1) is 14.6. The van der Waals surface area contributed by atoms with Crippen molar-refractivity contribution < 1.29 is 37.3 Å². The van der Waals surface area contributed by atoms with E-state index in [4.69, 9.17) is 19.4 Å². The Morgan fingerprint density at radius 1 is 1.29 bits per heavy atom. The first-order valence-electron chi connectivity index (χ1n) is 10.2. The molecule has 0 atom stereocenters. The Morgan fingerprint density at radius 2 is 1.94 bits per heavy atom. The number of carbonyl (C=O) groups is 2. The number of alkyl halides is 3. The molecule has 0 aromatic heterocycles. The Morgan fingerprint density at radius 3 is 2.48 bits per heavy atom. The van der Waals surface area contributed by atoms with Crippen LogP contribution in [0.5, 0.6) is 0 Å². The summed E-state index contributed by atoms with van der Waals surface area (Å²) < 4.78 is 42.6. The molecule has 1 amide bonds. The van der Waals surface area contributed by atoms with Crippen LogP contribution in [0.15, 0.2) is 18.2 Å². The van der Waals surface area contributed by atoms with E-state index in [1.165, 1.54) is 11.3 Å². The number of amides is 1. The van der Waals surface area contributed by atoms with E-state index in [-0.39, 0.29) is 11.3 Å². The van der Waals surface area contributed by atoms with E-state index < -0.39 is 12.1 Å². The maximum absolute atomic E-state index is 11.9. The van der Waals surface area contributed by atoms with Crippen molar-refractivity contribution in [1.82, 2.24) is 0 Å². The molecule has 0 radical (unpaired) electrons. The third-order valence-corrected chi connectivity index (χ3v) is 5.42. The molecule has 0 bridgehead atoms. The number of anilines is 2. The molecule has 7 nitrogen and oxygen atoms in total. The van der Waals surface area contributed by atoms with E-state index in [1.807, 2.05) is 13.0 Å². The molecule has 174 valence electrons. The highest BCUT2D eigenvalue weighted by Crippen LogP contribution is 2.47. The largest absolute Gasteiger partial charge is 0.490 e. The summed E-state index contributed by atoms with van der Waals surface area (Å²) in [5, 5.41) is 10.2. The number of ether oxygens (including phenoxy) is 2. The van der Waals surface area contributed by atoms with Gasteiger partial charge in [-0.3, -0.25) is 4.79 Å². The molecule has 1 spiro atoms. The number of nitrogens with zero attached hydrogens (tertiary/aromatic N) is 1. The van der Waals surface area contributed by atoms with Crippen molar-refractivity contribution in [3.05, 3.63) is 23.8 Å². The number of methoxy groups -OCH3 is 1. The Kier molecular flexibility index (Phi) is 8.69. The van der Waals surface area contributed by atoms with Gasteiger partial charge in [0, 0.05) is 56.6 Å². The quantitative estimate of drug-likeness (QED) is 0.695. The maximum Gasteiger partial charge on any atom is 0.490 e. The van der Waals surface area contributed by atoms with Crippen molar-refractivity contribution >= 4 is 23.3 Å². The van der Waals surface area contributed by atoms with Gasteiger partial charge in [-0.2, -0.15) is 13.2 Å². The van der Waals surface area contributed by atoms with Gasteiger partial charge in [0.15, 0.2) is 0 Å². The zero-order valence-corrected chi connectivity index (χ0v) is 17.8. The van der Waals surface area contributed by atoms with Crippen molar-refractivity contribution in [2.24, 2.45) is 0 Å². The fourth-order valence-electron chi connectivity index (χ4n) is 3.89. The first-order valence-corrected chi connectivity index (χ1v) is 10.2. The summed E-state index contributed by atoms with van der Waals surface area (Å²) in [4.78, 5) is 23.2. The first kappa shape index (κ1) is 24.9. The van der Waals surface area contributed by atoms with Crippen molar-refractivity contribution in [3.63, 3.8) is 0 Å². The molecule has 0 saturated carbocycles. The maximum atomic E-state index is 11.9. The van der Waals surface area contributed by atoms with Gasteiger partial charge in [-0.1, -0.05) is 6.92 Å². The Balaban J connectivity index is 0.000000423. The third-order valence-electron chi connectivity index (χ3n) is 5.42. The number of aliphatic carboxylic acids is 1. The predicted octanol–water partition coefficient (Wildman–Crippen LogP) is 3.57. The second kappa shape index (κ2) is 10.8. The molecule has 2 heterocycles. The summed E-state index contributed by atoms with van der Waals surface area (Å²) in [6.45, 7) is 6.27. The minimum atomic E-state index is -5.08. The topological polar surface area (TPSA) is 88.1 Å². The van der Waals surface area contributed by atoms with Crippen molar-refractivity contribution in [2.75, 3.05) is 50.2 Å². The molecule has 1 saturated heterocycles. The van der Waals surface area contributed by atoms with E-state index in [0.717, 1.165) is 57.9 Å². The average molecular weight is 446 g/mol. The molecule has 0 aliphatic carbocycles. The summed E-state index contributed by atoms with van der Waals surface area (Å²) in [6.07, 6.45) is -1.58. The minimum absolute atomic E-state index is 0.0905. The number of carboxylic acid groups (broad SMARTS) is 1. The summed E-state index contributed by atoms with van der Waals surface area (Å²) in [7, 11) is 1.74. The molecular weight excluding hydrogens is 417 g/mol. The number of halogens is 3. The number of rotatable bonds is 6. The van der Waals surface area contributed by atoms with Gasteiger partial charge in [0.1, 0.15) is 0 Å². The summed E-state index contributed by atoms with van der Waals surface area (Å²) in [6, 6.07) is 6.35. The number of carboxylic acids is 1. The van der Waals surface area contributed by atoms with E-state index >= 15 is 0 Å². The highest BCUT2D eigenvalue weighted by molar-refractivity contribution is 5.91. The second-order valence-electron chi connectivity index (χ2n) is 7.64. The van der Waals surface area contributed by atoms with Crippen LogP contribution in [-0.2, 0) is 24.5 Å². The molecule has 1 aromatic carbocycles. The number of hydrogen-bond acceptors (Lipinski definition) is 5. The molecule has 3 rings (SSSR count). The number of hydrogen-bond donors (Lipinski definition) is 2. The molecule has 1 aromatic rings. The van der Waals surface area contributed by atoms with E-state index in [2.05, 4.69) is 22.3 Å². The van der Waals surface area contributed by atoms with Gasteiger partial charge in [0.05, 0.1) is 6.61 Å². The molecule has 2 N–H and O–H groups in total. The monoisotopic (exact) mass is 446 g/mol. The van der Waals surface area contributed by atoms with Crippen LogP contribution < -0.4 is 10.2 Å². The standard InChI is InChI=1S/C19H28N2O3.C2HF3O2/c1-3-4-18(22)20-15-5-6-17-16(13-15)19(7-10-24-11-8-19)14-21(17)9-12-23-2;3-2(4,5)1(6)7/h5-6,13H,3-4,7-12,14H2,1-2H3,(H,20,22);(H,6,7). The molecule has 0 unspecified atom stereocenters. The SMILES string of the molecule is CCCC(=O)Nc1ccc2c(c1)C1(CCOCC1)CN2CCOC.O=C(O)C(F)(F)F. The minimum Gasteiger partial charge on any atom is -0.475 e. The molecule has 2 aliphatic rings. The van der Waals surface area contributed by atoms with E-state index in [1.54, 1.807) is 7.11 Å². The van der Waals surface area contributed by atoms with Crippen LogP contribution in [0.4, 0.5) is 24.5 Å². The van der Waals surface area contributed by atoms with Crippen molar-refractivity contribution in [1.29, 1.82) is 0 Å². The zero-order chi connectivity index (χ0) is 23.1. The van der Waals surface area contributed by atoms with Crippen LogP contribution >= 0.6 is 0 Å². The van der Waals surface area contributed by atoms with Crippen LogP contribution in [0.1, 0.15) is 38.2 Å². The molecule has 1 fully saturated rings. The number of benzene rings is 1. The van der Waals surface area contributed by atoms with Gasteiger partial charge in [0.2, 0.25) is 5.91 Å². The van der Waals surface area contributed by atoms with Crippen LogP contribution in [0.25, 0.3) is 0 Å². The molecule has 10 heteroatoms. The summed E-state index contributed by atoms with van der Waals surface area (Å²) in [5.74, 6) is -2.67. The van der Waals surface area contributed by atoms with Gasteiger partial charge in [-0.15, -0.1) is 0 Å². The lowest BCUT2D eigenvalue weighted by Gasteiger charge is -2.34. The second-order valence-corrected chi connectivity index (χ2v) is 7.64. The van der Waals surface area contributed by atoms with Crippen molar-refractivity contribution in [3.8, 4) is 0 Å². The number of nitrogens with one attached hydrogen (secondary N) is 1. The number of carbonyl (C=O) groups excluding carboxylic acids is 1. The predicted molar refractivity (Wildman–Crippen MR) is 109 cm³/mol. The lowest BCUT2D eigenvalue weighted by atomic mass is 9.76. The highest BCUT2D eigenvalue weighted by Gasteiger charge is 2.43. The highest BCUT2D eigenvalue weighted by atomic mass is 19.4. The van der Waals surface area contributed by atoms with Gasteiger partial charge < -0.3 is 24.8 Å². The lowest BCUT2D eigenvalue weighted by molar-refractivity contribution is -0.192. The van der Waals surface area contributed by atoms with Crippen LogP contribution in [0.2, 0.25) is 0 Å². The molecule has 31 heavy (non-hydrogen) atoms. The van der Waals surface area contributed by atoms with Crippen LogP contribution in [-0.4, -0.2) is 63.2 Å². The molecular formula is C21H29F3N2O5. The fraction of sp³-hybridized carbons (Fsp3) is 0.619. The summed E-state index contributed by atoms with van der Waals surface area (Å²) >= 11 is 0. The van der Waals surface area contributed by atoms with Gasteiger partial charge in [0.25, 0.3) is 0 Å². The van der Waals surface area contributed by atoms with E-state index in [9.17, 15) is 18.0 Å². The van der Waals surface area contributed by atoms with Gasteiger partial charge in [-0.05, 0) is 43.0 Å². The van der Waals surface area contributed by atoms with Gasteiger partial charge in [-0.25, -0.2) is 4.79 Å². The van der Waals surface area contributed by atoms with Crippen molar-refractivity contribution in [2.45, 2.75) is 44.2 Å². The van der Waals surface area contributed by atoms with Crippen LogP contribution in [0, 0.1) is 0 Å². The zero-order valence-electron chi connectivity index (χ0n) is 17.8. The van der Waals surface area contributed by atoms with Crippen LogP contribution in [0.3, 0.4) is 0 Å². The smallest absolute Gasteiger partial charge is 0.475 e. The third kappa shape index (κ3) is 6.57. The molecule has 2 aliphatic heterocycles. The Hall–Kier alpha value is -2.33. The van der Waals surface area contributed by atoms with E-state index in [0.29, 0.717) is 6.42 Å². The Labute approximate surface area is 179 Å². The van der Waals surface area contributed by atoms with Gasteiger partial charge >= 0.3 is 12.1 Å². The number of fused-ring (bicyclic) bond motifs is 2. The lowest BCUT2D eigenvalue weighted by Crippen LogP contribution is -2.39. The normalized spacial score (nSPS) is 17.0.